The molecule has 2 aromatic rings. The SMILES string of the molecule is COc1ccc(CC(N)c2ccccc2OC(C)C)cc1. The number of methoxy groups -OCH3 is 1. The summed E-state index contributed by atoms with van der Waals surface area (Å²) >= 11 is 0. The summed E-state index contributed by atoms with van der Waals surface area (Å²) in [6.07, 6.45) is 0.905. The minimum atomic E-state index is -0.0895. The Balaban J connectivity index is 2.13. The van der Waals surface area contributed by atoms with Gasteiger partial charge in [-0.05, 0) is 44.0 Å². The molecular weight excluding hydrogens is 262 g/mol. The molecule has 1 atom stereocenters. The molecule has 0 saturated heterocycles. The fraction of sp³-hybridized carbons (Fsp3) is 0.333. The molecule has 3 heteroatoms. The lowest BCUT2D eigenvalue weighted by atomic mass is 9.99. The van der Waals surface area contributed by atoms with Gasteiger partial charge in [0.2, 0.25) is 0 Å². The van der Waals surface area contributed by atoms with Crippen molar-refractivity contribution >= 4 is 0 Å². The molecule has 0 aromatic heterocycles. The first-order valence-electron chi connectivity index (χ1n) is 7.24. The Hall–Kier alpha value is -2.00. The van der Waals surface area contributed by atoms with Crippen LogP contribution < -0.4 is 15.2 Å². The summed E-state index contributed by atoms with van der Waals surface area (Å²) in [5, 5.41) is 0. The van der Waals surface area contributed by atoms with Gasteiger partial charge in [-0.3, -0.25) is 0 Å². The van der Waals surface area contributed by atoms with Crippen LogP contribution in [-0.2, 0) is 6.42 Å². The third-order valence-electron chi connectivity index (χ3n) is 3.30. The topological polar surface area (TPSA) is 44.5 Å². The molecule has 1 unspecified atom stereocenters. The van der Waals surface area contributed by atoms with Crippen LogP contribution in [0, 0.1) is 0 Å². The monoisotopic (exact) mass is 285 g/mol. The fourth-order valence-electron chi connectivity index (χ4n) is 2.27. The molecule has 21 heavy (non-hydrogen) atoms. The Morgan fingerprint density at radius 1 is 1.00 bits per heavy atom. The summed E-state index contributed by atoms with van der Waals surface area (Å²) < 4.78 is 11.0. The first-order valence-corrected chi connectivity index (χ1v) is 7.24. The zero-order valence-corrected chi connectivity index (χ0v) is 12.9. The first-order chi connectivity index (χ1) is 10.1. The maximum atomic E-state index is 6.36. The van der Waals surface area contributed by atoms with Crippen LogP contribution >= 0.6 is 0 Å². The number of hydrogen-bond donors (Lipinski definition) is 1. The quantitative estimate of drug-likeness (QED) is 0.879. The van der Waals surface area contributed by atoms with E-state index in [1.165, 1.54) is 5.56 Å². The van der Waals surface area contributed by atoms with Crippen molar-refractivity contribution in [1.82, 2.24) is 0 Å². The van der Waals surface area contributed by atoms with Crippen molar-refractivity contribution in [3.05, 3.63) is 59.7 Å². The average Bonchev–Trinajstić information content (AvgIpc) is 2.48. The standard InChI is InChI=1S/C18H23NO2/c1-13(2)21-18-7-5-4-6-16(18)17(19)12-14-8-10-15(20-3)11-9-14/h4-11,13,17H,12,19H2,1-3H3. The molecule has 0 fully saturated rings. The Morgan fingerprint density at radius 2 is 1.67 bits per heavy atom. The maximum absolute atomic E-state index is 6.36. The van der Waals surface area contributed by atoms with Gasteiger partial charge in [-0.2, -0.15) is 0 Å². The van der Waals surface area contributed by atoms with E-state index in [4.69, 9.17) is 15.2 Å². The van der Waals surface area contributed by atoms with Gasteiger partial charge >= 0.3 is 0 Å². The van der Waals surface area contributed by atoms with E-state index in [1.807, 2.05) is 62.4 Å². The molecule has 0 heterocycles. The molecular formula is C18H23NO2. The van der Waals surface area contributed by atoms with E-state index in [2.05, 4.69) is 0 Å². The lowest BCUT2D eigenvalue weighted by molar-refractivity contribution is 0.238. The molecule has 0 amide bonds. The molecule has 0 bridgehead atoms. The van der Waals surface area contributed by atoms with Crippen molar-refractivity contribution in [2.24, 2.45) is 5.73 Å². The van der Waals surface area contributed by atoms with Gasteiger partial charge in [0.15, 0.2) is 0 Å². The highest BCUT2D eigenvalue weighted by Gasteiger charge is 2.13. The predicted octanol–water partition coefficient (Wildman–Crippen LogP) is 3.72. The number of hydrogen-bond acceptors (Lipinski definition) is 3. The van der Waals surface area contributed by atoms with Crippen molar-refractivity contribution in [3.8, 4) is 11.5 Å². The van der Waals surface area contributed by atoms with Gasteiger partial charge < -0.3 is 15.2 Å². The Labute approximate surface area is 126 Å². The molecule has 0 aliphatic heterocycles. The summed E-state index contributed by atoms with van der Waals surface area (Å²) in [6, 6.07) is 15.9. The Kier molecular flexibility index (Phi) is 5.23. The highest BCUT2D eigenvalue weighted by Crippen LogP contribution is 2.27. The largest absolute Gasteiger partial charge is 0.497 e. The number of ether oxygens (including phenoxy) is 2. The number of rotatable bonds is 6. The molecule has 3 nitrogen and oxygen atoms in total. The van der Waals surface area contributed by atoms with Crippen LogP contribution in [0.3, 0.4) is 0 Å². The van der Waals surface area contributed by atoms with Gasteiger partial charge in [-0.25, -0.2) is 0 Å². The lowest BCUT2D eigenvalue weighted by Crippen LogP contribution is -2.16. The normalized spacial score (nSPS) is 12.2. The van der Waals surface area contributed by atoms with Gasteiger partial charge in [-0.1, -0.05) is 30.3 Å². The van der Waals surface area contributed by atoms with E-state index in [-0.39, 0.29) is 12.1 Å². The highest BCUT2D eigenvalue weighted by atomic mass is 16.5. The smallest absolute Gasteiger partial charge is 0.124 e. The summed E-state index contributed by atoms with van der Waals surface area (Å²) in [5.41, 5.74) is 8.59. The van der Waals surface area contributed by atoms with Crippen molar-refractivity contribution < 1.29 is 9.47 Å². The van der Waals surface area contributed by atoms with Crippen LogP contribution in [0.25, 0.3) is 0 Å². The highest BCUT2D eigenvalue weighted by molar-refractivity contribution is 5.37. The Bertz CT molecular complexity index is 564. The molecule has 2 N–H and O–H groups in total. The van der Waals surface area contributed by atoms with Crippen molar-refractivity contribution in [2.45, 2.75) is 32.4 Å². The van der Waals surface area contributed by atoms with Crippen LogP contribution in [0.4, 0.5) is 0 Å². The van der Waals surface area contributed by atoms with Gasteiger partial charge in [0.05, 0.1) is 13.2 Å². The van der Waals surface area contributed by atoms with Crippen molar-refractivity contribution in [3.63, 3.8) is 0 Å². The number of benzene rings is 2. The van der Waals surface area contributed by atoms with Gasteiger partial charge in [0, 0.05) is 11.6 Å². The van der Waals surface area contributed by atoms with E-state index in [1.54, 1.807) is 7.11 Å². The molecule has 0 aliphatic rings. The zero-order chi connectivity index (χ0) is 15.2. The van der Waals surface area contributed by atoms with Gasteiger partial charge in [-0.15, -0.1) is 0 Å². The average molecular weight is 285 g/mol. The third-order valence-corrected chi connectivity index (χ3v) is 3.30. The van der Waals surface area contributed by atoms with Gasteiger partial charge in [0.1, 0.15) is 11.5 Å². The Morgan fingerprint density at radius 3 is 2.29 bits per heavy atom. The van der Waals surface area contributed by atoms with Crippen LogP contribution in [0.2, 0.25) is 0 Å². The van der Waals surface area contributed by atoms with E-state index in [0.29, 0.717) is 0 Å². The first kappa shape index (κ1) is 15.4. The zero-order valence-electron chi connectivity index (χ0n) is 12.9. The summed E-state index contributed by atoms with van der Waals surface area (Å²) in [4.78, 5) is 0. The second-order valence-electron chi connectivity index (χ2n) is 5.36. The van der Waals surface area contributed by atoms with Crippen LogP contribution in [0.1, 0.15) is 31.0 Å². The van der Waals surface area contributed by atoms with Crippen LogP contribution in [-0.4, -0.2) is 13.2 Å². The van der Waals surface area contributed by atoms with Crippen LogP contribution in [0.5, 0.6) is 11.5 Å². The van der Waals surface area contributed by atoms with Gasteiger partial charge in [0.25, 0.3) is 0 Å². The second kappa shape index (κ2) is 7.14. The van der Waals surface area contributed by atoms with E-state index in [9.17, 15) is 0 Å². The molecule has 0 spiro atoms. The summed E-state index contributed by atoms with van der Waals surface area (Å²) in [5.74, 6) is 1.73. The molecule has 2 rings (SSSR count). The van der Waals surface area contributed by atoms with E-state index >= 15 is 0 Å². The second-order valence-corrected chi connectivity index (χ2v) is 5.36. The third kappa shape index (κ3) is 4.23. The molecule has 0 saturated carbocycles. The summed E-state index contributed by atoms with van der Waals surface area (Å²) in [7, 11) is 1.67. The van der Waals surface area contributed by atoms with E-state index in [0.717, 1.165) is 23.5 Å². The minimum absolute atomic E-state index is 0.0895. The number of para-hydroxylation sites is 1. The lowest BCUT2D eigenvalue weighted by Gasteiger charge is -2.19. The van der Waals surface area contributed by atoms with E-state index < -0.39 is 0 Å². The molecule has 0 radical (unpaired) electrons. The van der Waals surface area contributed by atoms with Crippen LogP contribution in [0.15, 0.2) is 48.5 Å². The molecule has 0 aliphatic carbocycles. The maximum Gasteiger partial charge on any atom is 0.124 e. The summed E-state index contributed by atoms with van der Waals surface area (Å²) in [6.45, 7) is 4.04. The van der Waals surface area contributed by atoms with Crippen molar-refractivity contribution in [1.29, 1.82) is 0 Å². The van der Waals surface area contributed by atoms with Crippen molar-refractivity contribution in [2.75, 3.05) is 7.11 Å². The number of nitrogens with two attached hydrogens (primary N) is 1. The minimum Gasteiger partial charge on any atom is -0.497 e. The fourth-order valence-corrected chi connectivity index (χ4v) is 2.27. The molecule has 2 aromatic carbocycles. The predicted molar refractivity (Wildman–Crippen MR) is 85.8 cm³/mol. The molecule has 112 valence electrons.